The molecule has 0 bridgehead atoms. The lowest BCUT2D eigenvalue weighted by Gasteiger charge is -2.13. The Labute approximate surface area is 107 Å². The molecule has 1 aromatic rings. The van der Waals surface area contributed by atoms with E-state index >= 15 is 0 Å². The van der Waals surface area contributed by atoms with Crippen LogP contribution in [0.2, 0.25) is 5.02 Å². The first-order valence-electron chi connectivity index (χ1n) is 4.80. The largest absolute Gasteiger partial charge is 0.493 e. The summed E-state index contributed by atoms with van der Waals surface area (Å²) < 4.78 is 41.3. The minimum Gasteiger partial charge on any atom is -0.493 e. The first-order valence-corrected chi connectivity index (χ1v) is 5.62. The minimum absolute atomic E-state index is 0.0704. The van der Waals surface area contributed by atoms with Gasteiger partial charge in [-0.2, -0.15) is 13.2 Å². The van der Waals surface area contributed by atoms with Crippen LogP contribution in [0.25, 0.3) is 0 Å². The summed E-state index contributed by atoms with van der Waals surface area (Å²) in [6, 6.07) is 6.55. The van der Waals surface area contributed by atoms with Gasteiger partial charge in [-0.1, -0.05) is 11.6 Å². The van der Waals surface area contributed by atoms with Gasteiger partial charge in [-0.05, 0) is 30.7 Å². The first kappa shape index (κ1) is 14.5. The molecular weight excluding hydrogens is 276 g/mol. The quantitative estimate of drug-likeness (QED) is 0.572. The molecule has 0 aromatic heterocycles. The average Bonchev–Trinajstić information content (AvgIpc) is 2.25. The van der Waals surface area contributed by atoms with Gasteiger partial charge in [0, 0.05) is 11.4 Å². The fourth-order valence-corrected chi connectivity index (χ4v) is 1.29. The van der Waals surface area contributed by atoms with Crippen molar-refractivity contribution in [2.45, 2.75) is 18.0 Å². The van der Waals surface area contributed by atoms with Gasteiger partial charge in [-0.25, -0.2) is 0 Å². The minimum atomic E-state index is -4.38. The van der Waals surface area contributed by atoms with Crippen LogP contribution in [0.4, 0.5) is 13.2 Å². The highest BCUT2D eigenvalue weighted by molar-refractivity contribution is 6.30. The van der Waals surface area contributed by atoms with Gasteiger partial charge < -0.3 is 4.74 Å². The predicted octanol–water partition coefficient (Wildman–Crippen LogP) is 4.48. The molecule has 1 aromatic carbocycles. The van der Waals surface area contributed by atoms with Crippen molar-refractivity contribution in [3.05, 3.63) is 35.7 Å². The van der Waals surface area contributed by atoms with Crippen molar-refractivity contribution in [2.75, 3.05) is 6.61 Å². The second-order valence-corrected chi connectivity index (χ2v) is 4.26. The summed E-state index contributed by atoms with van der Waals surface area (Å²) in [5, 5.41) is -1.30. The van der Waals surface area contributed by atoms with Crippen LogP contribution < -0.4 is 4.74 Å². The lowest BCUT2D eigenvalue weighted by atomic mass is 10.2. The molecule has 0 saturated carbocycles. The van der Waals surface area contributed by atoms with Crippen molar-refractivity contribution < 1.29 is 17.9 Å². The Kier molecular flexibility index (Phi) is 5.40. The van der Waals surface area contributed by atoms with Crippen molar-refractivity contribution in [3.8, 4) is 5.75 Å². The molecule has 1 unspecified atom stereocenters. The molecule has 0 saturated heterocycles. The van der Waals surface area contributed by atoms with Crippen LogP contribution >= 0.6 is 23.2 Å². The van der Waals surface area contributed by atoms with Crippen LogP contribution in [-0.4, -0.2) is 18.2 Å². The predicted molar refractivity (Wildman–Crippen MR) is 61.6 cm³/mol. The van der Waals surface area contributed by atoms with Gasteiger partial charge >= 0.3 is 6.18 Å². The molecule has 0 heterocycles. The molecule has 1 radical (unpaired) electrons. The molecule has 0 amide bonds. The number of halogens is 5. The molecule has 1 rings (SSSR count). The Hall–Kier alpha value is -0.610. The molecule has 0 fully saturated rings. The third-order valence-electron chi connectivity index (χ3n) is 1.91. The second kappa shape index (κ2) is 6.36. The summed E-state index contributed by atoms with van der Waals surface area (Å²) in [5.41, 5.74) is 0. The lowest BCUT2D eigenvalue weighted by Crippen LogP contribution is -2.23. The first-order chi connectivity index (χ1) is 7.89. The average molecular weight is 286 g/mol. The Morgan fingerprint density at radius 3 is 2.35 bits per heavy atom. The van der Waals surface area contributed by atoms with Gasteiger partial charge in [0.05, 0.1) is 6.61 Å². The van der Waals surface area contributed by atoms with E-state index in [-0.39, 0.29) is 13.0 Å². The SMILES string of the molecule is FC(F)(F)C(Cl)C[CH]COc1ccc(Cl)cc1. The number of hydrogen-bond acceptors (Lipinski definition) is 1. The Morgan fingerprint density at radius 1 is 1.24 bits per heavy atom. The summed E-state index contributed by atoms with van der Waals surface area (Å²) in [4.78, 5) is 0. The normalized spacial score (nSPS) is 13.5. The summed E-state index contributed by atoms with van der Waals surface area (Å²) in [5.74, 6) is 0.545. The van der Waals surface area contributed by atoms with E-state index in [0.29, 0.717) is 10.8 Å². The fraction of sp³-hybridized carbons (Fsp3) is 0.364. The molecule has 1 atom stereocenters. The van der Waals surface area contributed by atoms with Gasteiger partial charge in [0.25, 0.3) is 0 Å². The lowest BCUT2D eigenvalue weighted by molar-refractivity contribution is -0.130. The smallest absolute Gasteiger partial charge is 0.404 e. The Bertz CT molecular complexity index is 338. The zero-order valence-corrected chi connectivity index (χ0v) is 10.2. The van der Waals surface area contributed by atoms with Crippen LogP contribution in [0.5, 0.6) is 5.75 Å². The molecule has 0 aliphatic rings. The van der Waals surface area contributed by atoms with Crippen LogP contribution in [0.1, 0.15) is 6.42 Å². The highest BCUT2D eigenvalue weighted by atomic mass is 35.5. The van der Waals surface area contributed by atoms with E-state index in [1.807, 2.05) is 0 Å². The summed E-state index contributed by atoms with van der Waals surface area (Å²) in [6.45, 7) is 0.0704. The zero-order valence-electron chi connectivity index (χ0n) is 8.68. The van der Waals surface area contributed by atoms with E-state index in [1.165, 1.54) is 6.42 Å². The van der Waals surface area contributed by atoms with Crippen molar-refractivity contribution in [3.63, 3.8) is 0 Å². The highest BCUT2D eigenvalue weighted by Gasteiger charge is 2.37. The third kappa shape index (κ3) is 5.50. The molecule has 17 heavy (non-hydrogen) atoms. The number of rotatable bonds is 5. The Balaban J connectivity index is 2.23. The Morgan fingerprint density at radius 2 is 1.82 bits per heavy atom. The maximum Gasteiger partial charge on any atom is 0.404 e. The van der Waals surface area contributed by atoms with Crippen molar-refractivity contribution in [1.29, 1.82) is 0 Å². The van der Waals surface area contributed by atoms with E-state index in [9.17, 15) is 13.2 Å². The van der Waals surface area contributed by atoms with Gasteiger partial charge in [0.2, 0.25) is 0 Å². The van der Waals surface area contributed by atoms with E-state index in [1.54, 1.807) is 24.3 Å². The van der Waals surface area contributed by atoms with Gasteiger partial charge in [0.15, 0.2) is 0 Å². The van der Waals surface area contributed by atoms with Crippen LogP contribution in [0.15, 0.2) is 24.3 Å². The molecule has 6 heteroatoms. The second-order valence-electron chi connectivity index (χ2n) is 3.30. The summed E-state index contributed by atoms with van der Waals surface area (Å²) >= 11 is 10.8. The molecule has 0 aliphatic carbocycles. The monoisotopic (exact) mass is 285 g/mol. The van der Waals surface area contributed by atoms with Crippen molar-refractivity contribution >= 4 is 23.2 Å². The topological polar surface area (TPSA) is 9.23 Å². The van der Waals surface area contributed by atoms with E-state index in [2.05, 4.69) is 0 Å². The van der Waals surface area contributed by atoms with Crippen molar-refractivity contribution in [1.82, 2.24) is 0 Å². The fourth-order valence-electron chi connectivity index (χ4n) is 1.03. The standard InChI is InChI=1S/C11H10Cl2F3O/c12-8-3-5-9(6-4-8)17-7-1-2-10(13)11(14,15)16/h1,3-6,10H,2,7H2. The number of ether oxygens (including phenoxy) is 1. The molecular formula is C11H10Cl2F3O. The summed E-state index contributed by atoms with van der Waals surface area (Å²) in [6.07, 6.45) is -3.31. The van der Waals surface area contributed by atoms with Gasteiger partial charge in [-0.15, -0.1) is 11.6 Å². The number of alkyl halides is 4. The van der Waals surface area contributed by atoms with Crippen LogP contribution in [-0.2, 0) is 0 Å². The van der Waals surface area contributed by atoms with E-state index < -0.39 is 11.6 Å². The molecule has 0 spiro atoms. The van der Waals surface area contributed by atoms with Crippen molar-refractivity contribution in [2.24, 2.45) is 0 Å². The molecule has 95 valence electrons. The highest BCUT2D eigenvalue weighted by Crippen LogP contribution is 2.27. The van der Waals surface area contributed by atoms with Gasteiger partial charge in [-0.3, -0.25) is 0 Å². The zero-order chi connectivity index (χ0) is 12.9. The van der Waals surface area contributed by atoms with E-state index in [0.717, 1.165) is 0 Å². The molecule has 1 nitrogen and oxygen atoms in total. The molecule has 0 N–H and O–H groups in total. The maximum absolute atomic E-state index is 12.0. The summed E-state index contributed by atoms with van der Waals surface area (Å²) in [7, 11) is 0. The van der Waals surface area contributed by atoms with Gasteiger partial charge in [0.1, 0.15) is 11.1 Å². The number of hydrogen-bond donors (Lipinski definition) is 0. The maximum atomic E-state index is 12.0. The third-order valence-corrected chi connectivity index (χ3v) is 2.59. The number of benzene rings is 1. The van der Waals surface area contributed by atoms with E-state index in [4.69, 9.17) is 27.9 Å². The molecule has 0 aliphatic heterocycles. The van der Waals surface area contributed by atoms with Crippen LogP contribution in [0, 0.1) is 6.42 Å². The van der Waals surface area contributed by atoms with Crippen LogP contribution in [0.3, 0.4) is 0 Å².